The first-order valence-corrected chi connectivity index (χ1v) is 7.28. The summed E-state index contributed by atoms with van der Waals surface area (Å²) in [7, 11) is 0. The highest BCUT2D eigenvalue weighted by Crippen LogP contribution is 2.48. The molecule has 0 bridgehead atoms. The summed E-state index contributed by atoms with van der Waals surface area (Å²) in [5, 5.41) is 3.62. The largest absolute Gasteiger partial charge is 0.393 e. The molecule has 18 heavy (non-hydrogen) atoms. The molecule has 1 aliphatic carbocycles. The molecule has 0 heterocycles. The monoisotopic (exact) mass is 287 g/mol. The maximum absolute atomic E-state index is 5.63. The van der Waals surface area contributed by atoms with Gasteiger partial charge in [-0.05, 0) is 55.2 Å². The zero-order chi connectivity index (χ0) is 14.0. The molecular formula is C13H25N3S2. The maximum atomic E-state index is 5.63. The van der Waals surface area contributed by atoms with Gasteiger partial charge >= 0.3 is 0 Å². The molecule has 2 unspecified atom stereocenters. The van der Waals surface area contributed by atoms with Gasteiger partial charge in [0.25, 0.3) is 0 Å². The van der Waals surface area contributed by atoms with Crippen molar-refractivity contribution in [2.75, 3.05) is 0 Å². The summed E-state index contributed by atoms with van der Waals surface area (Å²) in [5.74, 6) is 0. The predicted molar refractivity (Wildman–Crippen MR) is 85.5 cm³/mol. The minimum Gasteiger partial charge on any atom is -0.393 e. The van der Waals surface area contributed by atoms with E-state index in [9.17, 15) is 0 Å². The SMILES string of the molecule is CC1(C)CC(NC(N)=S)CC(C)(CCC(N)=S)C1. The Balaban J connectivity index is 2.72. The maximum Gasteiger partial charge on any atom is 0.163 e. The van der Waals surface area contributed by atoms with E-state index < -0.39 is 0 Å². The Bertz CT molecular complexity index is 341. The number of nitrogens with one attached hydrogen (secondary N) is 1. The molecule has 104 valence electrons. The number of nitrogens with two attached hydrogens (primary N) is 2. The van der Waals surface area contributed by atoms with E-state index in [1.165, 1.54) is 6.42 Å². The van der Waals surface area contributed by atoms with Crippen molar-refractivity contribution in [3.63, 3.8) is 0 Å². The fraction of sp³-hybridized carbons (Fsp3) is 0.846. The van der Waals surface area contributed by atoms with Crippen LogP contribution in [0.15, 0.2) is 0 Å². The van der Waals surface area contributed by atoms with Gasteiger partial charge in [0.2, 0.25) is 0 Å². The van der Waals surface area contributed by atoms with Crippen molar-refractivity contribution in [2.45, 2.75) is 58.9 Å². The lowest BCUT2D eigenvalue weighted by Crippen LogP contribution is -2.48. The molecule has 0 aliphatic heterocycles. The zero-order valence-corrected chi connectivity index (χ0v) is 13.2. The van der Waals surface area contributed by atoms with Crippen molar-refractivity contribution in [3.8, 4) is 0 Å². The fourth-order valence-electron chi connectivity index (χ4n) is 3.55. The molecule has 0 aromatic heterocycles. The van der Waals surface area contributed by atoms with E-state index in [2.05, 4.69) is 26.1 Å². The lowest BCUT2D eigenvalue weighted by molar-refractivity contribution is 0.0719. The molecule has 0 aromatic rings. The molecule has 1 saturated carbocycles. The predicted octanol–water partition coefficient (Wildman–Crippen LogP) is 2.47. The highest BCUT2D eigenvalue weighted by Gasteiger charge is 2.40. The summed E-state index contributed by atoms with van der Waals surface area (Å²) in [6.07, 6.45) is 5.24. The molecule has 0 spiro atoms. The van der Waals surface area contributed by atoms with Crippen molar-refractivity contribution in [3.05, 3.63) is 0 Å². The van der Waals surface area contributed by atoms with Crippen molar-refractivity contribution in [1.82, 2.24) is 5.32 Å². The lowest BCUT2D eigenvalue weighted by atomic mass is 9.61. The van der Waals surface area contributed by atoms with Crippen LogP contribution < -0.4 is 16.8 Å². The highest BCUT2D eigenvalue weighted by molar-refractivity contribution is 7.80. The van der Waals surface area contributed by atoms with Gasteiger partial charge in [0.1, 0.15) is 0 Å². The Labute approximate surface area is 121 Å². The Morgan fingerprint density at radius 1 is 1.22 bits per heavy atom. The minimum atomic E-state index is 0.258. The summed E-state index contributed by atoms with van der Waals surface area (Å²) in [6, 6.07) is 0.364. The molecular weight excluding hydrogens is 262 g/mol. The van der Waals surface area contributed by atoms with Crippen LogP contribution in [0.25, 0.3) is 0 Å². The molecule has 1 aliphatic rings. The fourth-order valence-corrected chi connectivity index (χ4v) is 3.82. The van der Waals surface area contributed by atoms with Crippen molar-refractivity contribution in [2.24, 2.45) is 22.3 Å². The van der Waals surface area contributed by atoms with Crippen LogP contribution in [0.3, 0.4) is 0 Å². The highest BCUT2D eigenvalue weighted by atomic mass is 32.1. The van der Waals surface area contributed by atoms with Gasteiger partial charge in [0.15, 0.2) is 5.11 Å². The zero-order valence-electron chi connectivity index (χ0n) is 11.6. The molecule has 5 heteroatoms. The van der Waals surface area contributed by atoms with E-state index in [-0.39, 0.29) is 5.41 Å². The molecule has 2 atom stereocenters. The van der Waals surface area contributed by atoms with Crippen LogP contribution in [0.4, 0.5) is 0 Å². The molecule has 0 saturated heterocycles. The minimum absolute atomic E-state index is 0.258. The van der Waals surface area contributed by atoms with E-state index in [1.807, 2.05) is 0 Å². The summed E-state index contributed by atoms with van der Waals surface area (Å²) >= 11 is 9.95. The number of hydrogen-bond donors (Lipinski definition) is 3. The van der Waals surface area contributed by atoms with Crippen LogP contribution in [-0.4, -0.2) is 16.1 Å². The Kier molecular flexibility index (Phi) is 4.95. The normalized spacial score (nSPS) is 30.7. The van der Waals surface area contributed by atoms with Gasteiger partial charge in [-0.1, -0.05) is 33.0 Å². The summed E-state index contributed by atoms with van der Waals surface area (Å²) < 4.78 is 0. The Hall–Kier alpha value is -0.420. The van der Waals surface area contributed by atoms with Gasteiger partial charge in [0.05, 0.1) is 4.99 Å². The second-order valence-corrected chi connectivity index (χ2v) is 7.70. The smallest absolute Gasteiger partial charge is 0.163 e. The van der Waals surface area contributed by atoms with Crippen LogP contribution >= 0.6 is 24.4 Å². The lowest BCUT2D eigenvalue weighted by Gasteiger charge is -2.47. The van der Waals surface area contributed by atoms with Crippen molar-refractivity contribution in [1.29, 1.82) is 0 Å². The van der Waals surface area contributed by atoms with E-state index >= 15 is 0 Å². The van der Waals surface area contributed by atoms with Gasteiger partial charge in [0, 0.05) is 6.04 Å². The van der Waals surface area contributed by atoms with E-state index in [0.29, 0.717) is 21.6 Å². The Morgan fingerprint density at radius 3 is 2.33 bits per heavy atom. The van der Waals surface area contributed by atoms with Gasteiger partial charge in [-0.2, -0.15) is 0 Å². The third-order valence-electron chi connectivity index (χ3n) is 3.76. The van der Waals surface area contributed by atoms with E-state index in [1.54, 1.807) is 0 Å². The molecule has 0 radical (unpaired) electrons. The van der Waals surface area contributed by atoms with E-state index in [4.69, 9.17) is 35.9 Å². The van der Waals surface area contributed by atoms with Crippen molar-refractivity contribution < 1.29 is 0 Å². The second-order valence-electron chi connectivity index (χ2n) is 6.73. The topological polar surface area (TPSA) is 64.1 Å². The summed E-state index contributed by atoms with van der Waals surface area (Å²) in [4.78, 5) is 0.610. The quantitative estimate of drug-likeness (QED) is 0.693. The summed E-state index contributed by atoms with van der Waals surface area (Å²) in [6.45, 7) is 6.93. The van der Waals surface area contributed by atoms with Crippen LogP contribution in [-0.2, 0) is 0 Å². The van der Waals surface area contributed by atoms with Gasteiger partial charge in [-0.25, -0.2) is 0 Å². The number of hydrogen-bond acceptors (Lipinski definition) is 2. The molecule has 0 aromatic carbocycles. The molecule has 5 N–H and O–H groups in total. The van der Waals surface area contributed by atoms with Crippen LogP contribution in [0, 0.1) is 10.8 Å². The average molecular weight is 287 g/mol. The van der Waals surface area contributed by atoms with Crippen LogP contribution in [0.5, 0.6) is 0 Å². The Morgan fingerprint density at radius 2 is 1.83 bits per heavy atom. The van der Waals surface area contributed by atoms with Crippen LogP contribution in [0.2, 0.25) is 0 Å². The van der Waals surface area contributed by atoms with Gasteiger partial charge in [-0.15, -0.1) is 0 Å². The average Bonchev–Trinajstić information content (AvgIpc) is 2.10. The first-order chi connectivity index (χ1) is 8.12. The van der Waals surface area contributed by atoms with Crippen molar-refractivity contribution >= 4 is 34.5 Å². The molecule has 1 fully saturated rings. The number of thiocarbonyl (C=S) groups is 2. The van der Waals surface area contributed by atoms with Gasteiger partial charge in [-0.3, -0.25) is 0 Å². The standard InChI is InChI=1S/C13H25N3S2/c1-12(2)6-9(16-11(15)18)7-13(3,8-12)5-4-10(14)17/h9H,4-8H2,1-3H3,(H2,14,17)(H3,15,16,18). The molecule has 0 amide bonds. The summed E-state index contributed by atoms with van der Waals surface area (Å²) in [5.41, 5.74) is 11.8. The first-order valence-electron chi connectivity index (χ1n) is 6.46. The third-order valence-corrected chi connectivity index (χ3v) is 4.09. The van der Waals surface area contributed by atoms with Crippen LogP contribution in [0.1, 0.15) is 52.9 Å². The van der Waals surface area contributed by atoms with Gasteiger partial charge < -0.3 is 16.8 Å². The second kappa shape index (κ2) is 5.70. The first kappa shape index (κ1) is 15.6. The molecule has 3 nitrogen and oxygen atoms in total. The third kappa shape index (κ3) is 5.06. The number of rotatable bonds is 4. The molecule has 1 rings (SSSR count). The van der Waals surface area contributed by atoms with E-state index in [0.717, 1.165) is 25.7 Å².